The number of hydrogen-bond acceptors (Lipinski definition) is 4. The number of benzene rings is 2. The van der Waals surface area contributed by atoms with Gasteiger partial charge >= 0.3 is 0 Å². The lowest BCUT2D eigenvalue weighted by Crippen LogP contribution is -2.18. The molecule has 0 spiro atoms. The molecule has 0 aliphatic rings. The third-order valence-corrected chi connectivity index (χ3v) is 5.33. The van der Waals surface area contributed by atoms with E-state index in [4.69, 9.17) is 0 Å². The summed E-state index contributed by atoms with van der Waals surface area (Å²) in [7, 11) is 0. The van der Waals surface area contributed by atoms with Gasteiger partial charge in [0.1, 0.15) is 5.75 Å². The van der Waals surface area contributed by atoms with Crippen molar-refractivity contribution >= 4 is 27.9 Å². The van der Waals surface area contributed by atoms with Crippen LogP contribution in [0, 0.1) is 0 Å². The molecule has 0 radical (unpaired) electrons. The van der Waals surface area contributed by atoms with E-state index in [2.05, 4.69) is 9.97 Å². The zero-order chi connectivity index (χ0) is 20.0. The number of aromatic amines is 1. The fourth-order valence-corrected chi connectivity index (χ4v) is 3.74. The lowest BCUT2D eigenvalue weighted by Gasteiger charge is -2.28. The highest BCUT2D eigenvalue weighted by molar-refractivity contribution is 8.14. The number of para-hydroxylation sites is 2. The van der Waals surface area contributed by atoms with Crippen molar-refractivity contribution in [2.75, 3.05) is 0 Å². The van der Waals surface area contributed by atoms with Crippen molar-refractivity contribution in [1.82, 2.24) is 9.97 Å². The number of phenols is 1. The summed E-state index contributed by atoms with van der Waals surface area (Å²) in [5.74, 6) is 0.278. The molecule has 0 saturated heterocycles. The van der Waals surface area contributed by atoms with Gasteiger partial charge in [-0.2, -0.15) is 0 Å². The molecule has 5 heteroatoms. The Bertz CT molecular complexity index is 939. The smallest absolute Gasteiger partial charge is 0.227 e. The SMILES string of the molecule is CC(C)(C)c1cc(C(=O)Sc2nc3ccccc3[nH]2)cc(C(C)(C)C)c1O. The molecule has 0 aliphatic carbocycles. The van der Waals surface area contributed by atoms with Crippen LogP contribution in [0.2, 0.25) is 0 Å². The second-order valence-electron chi connectivity index (χ2n) is 8.87. The quantitative estimate of drug-likeness (QED) is 0.550. The molecule has 2 N–H and O–H groups in total. The van der Waals surface area contributed by atoms with Gasteiger partial charge in [0.05, 0.1) is 11.0 Å². The van der Waals surface area contributed by atoms with Crippen LogP contribution in [0.4, 0.5) is 0 Å². The number of rotatable bonds is 2. The number of thioether (sulfide) groups is 1. The summed E-state index contributed by atoms with van der Waals surface area (Å²) in [5.41, 5.74) is 3.34. The van der Waals surface area contributed by atoms with E-state index < -0.39 is 0 Å². The van der Waals surface area contributed by atoms with Gasteiger partial charge < -0.3 is 10.1 Å². The van der Waals surface area contributed by atoms with Crippen LogP contribution in [-0.2, 0) is 10.8 Å². The van der Waals surface area contributed by atoms with Crippen molar-refractivity contribution in [3.8, 4) is 5.75 Å². The Balaban J connectivity index is 2.03. The molecule has 0 amide bonds. The molecular weight excluding hydrogens is 356 g/mol. The number of aromatic hydroxyl groups is 1. The molecule has 0 fully saturated rings. The molecule has 0 atom stereocenters. The van der Waals surface area contributed by atoms with E-state index >= 15 is 0 Å². The largest absolute Gasteiger partial charge is 0.507 e. The molecule has 0 bridgehead atoms. The minimum Gasteiger partial charge on any atom is -0.507 e. The van der Waals surface area contributed by atoms with Crippen molar-refractivity contribution in [2.45, 2.75) is 57.5 Å². The zero-order valence-corrected chi connectivity index (χ0v) is 17.5. The van der Waals surface area contributed by atoms with Crippen LogP contribution in [0.5, 0.6) is 5.75 Å². The lowest BCUT2D eigenvalue weighted by molar-refractivity contribution is 0.108. The van der Waals surface area contributed by atoms with Gasteiger partial charge in [0.15, 0.2) is 5.16 Å². The van der Waals surface area contributed by atoms with E-state index in [1.54, 1.807) is 0 Å². The topological polar surface area (TPSA) is 66.0 Å². The van der Waals surface area contributed by atoms with Gasteiger partial charge in [-0.05, 0) is 46.9 Å². The number of aromatic nitrogens is 2. The molecule has 27 heavy (non-hydrogen) atoms. The normalized spacial score (nSPS) is 12.5. The molecule has 4 nitrogen and oxygen atoms in total. The van der Waals surface area contributed by atoms with Gasteiger partial charge in [-0.15, -0.1) is 0 Å². The van der Waals surface area contributed by atoms with E-state index in [9.17, 15) is 9.90 Å². The highest BCUT2D eigenvalue weighted by Crippen LogP contribution is 2.40. The zero-order valence-electron chi connectivity index (χ0n) is 16.7. The van der Waals surface area contributed by atoms with Crippen molar-refractivity contribution in [1.29, 1.82) is 0 Å². The Hall–Kier alpha value is -2.27. The summed E-state index contributed by atoms with van der Waals surface area (Å²) in [6.45, 7) is 12.2. The van der Waals surface area contributed by atoms with Crippen LogP contribution in [0.15, 0.2) is 41.6 Å². The summed E-state index contributed by atoms with van der Waals surface area (Å²) in [5, 5.41) is 11.3. The Morgan fingerprint density at radius 2 is 1.56 bits per heavy atom. The van der Waals surface area contributed by atoms with Crippen LogP contribution in [0.25, 0.3) is 11.0 Å². The Kier molecular flexibility index (Phi) is 4.85. The summed E-state index contributed by atoms with van der Waals surface area (Å²) in [6, 6.07) is 11.3. The summed E-state index contributed by atoms with van der Waals surface area (Å²) >= 11 is 1.08. The van der Waals surface area contributed by atoms with E-state index in [0.717, 1.165) is 33.9 Å². The maximum Gasteiger partial charge on any atom is 0.227 e. The predicted octanol–water partition coefficient (Wildman–Crippen LogP) is 5.80. The fraction of sp³-hybridized carbons (Fsp3) is 0.364. The third-order valence-electron chi connectivity index (χ3n) is 4.52. The minimum absolute atomic E-state index is 0.0925. The number of phenolic OH excluding ortho intramolecular Hbond substituents is 1. The number of H-pyrrole nitrogens is 1. The number of imidazole rings is 1. The van der Waals surface area contributed by atoms with Gasteiger partial charge in [0.2, 0.25) is 5.12 Å². The highest BCUT2D eigenvalue weighted by atomic mass is 32.2. The van der Waals surface area contributed by atoms with Crippen LogP contribution >= 0.6 is 11.8 Å². The van der Waals surface area contributed by atoms with E-state index in [1.165, 1.54) is 0 Å². The first-order valence-electron chi connectivity index (χ1n) is 9.02. The minimum atomic E-state index is -0.273. The monoisotopic (exact) mass is 382 g/mol. The molecule has 2 aromatic carbocycles. The molecule has 3 rings (SSSR count). The summed E-state index contributed by atoms with van der Waals surface area (Å²) in [4.78, 5) is 20.6. The van der Waals surface area contributed by atoms with Gasteiger partial charge in [0.25, 0.3) is 0 Å². The average Bonchev–Trinajstić information content (AvgIpc) is 2.94. The van der Waals surface area contributed by atoms with E-state index in [0.29, 0.717) is 10.7 Å². The van der Waals surface area contributed by atoms with Crippen LogP contribution in [-0.4, -0.2) is 20.2 Å². The maximum atomic E-state index is 13.0. The molecule has 3 aromatic rings. The Morgan fingerprint density at radius 3 is 2.07 bits per heavy atom. The van der Waals surface area contributed by atoms with Gasteiger partial charge in [-0.1, -0.05) is 53.7 Å². The van der Waals surface area contributed by atoms with Crippen molar-refractivity contribution in [2.24, 2.45) is 0 Å². The Labute approximate surface area is 164 Å². The molecule has 1 aromatic heterocycles. The lowest BCUT2D eigenvalue weighted by atomic mass is 9.78. The van der Waals surface area contributed by atoms with Crippen molar-refractivity contribution < 1.29 is 9.90 Å². The summed E-state index contributed by atoms with van der Waals surface area (Å²) < 4.78 is 0. The second-order valence-corrected chi connectivity index (χ2v) is 9.83. The molecule has 1 heterocycles. The molecule has 142 valence electrons. The average molecular weight is 383 g/mol. The Morgan fingerprint density at radius 1 is 1.00 bits per heavy atom. The standard InChI is InChI=1S/C22H26N2O2S/c1-21(2,3)14-11-13(12-15(18(14)25)22(4,5)6)19(26)27-20-23-16-9-7-8-10-17(16)24-20/h7-12,25H,1-6H3,(H,23,24). The highest BCUT2D eigenvalue weighted by Gasteiger charge is 2.28. The molecular formula is C22H26N2O2S. The number of fused-ring (bicyclic) bond motifs is 1. The first-order chi connectivity index (χ1) is 12.5. The number of carbonyl (C=O) groups excluding carboxylic acids is 1. The van der Waals surface area contributed by atoms with E-state index in [-0.39, 0.29) is 21.7 Å². The molecule has 0 unspecified atom stereocenters. The van der Waals surface area contributed by atoms with Crippen LogP contribution in [0.1, 0.15) is 63.0 Å². The van der Waals surface area contributed by atoms with Crippen LogP contribution < -0.4 is 0 Å². The molecule has 0 aliphatic heterocycles. The molecule has 0 saturated carbocycles. The number of nitrogens with one attached hydrogen (secondary N) is 1. The van der Waals surface area contributed by atoms with E-state index in [1.807, 2.05) is 77.9 Å². The van der Waals surface area contributed by atoms with Gasteiger partial charge in [-0.3, -0.25) is 4.79 Å². The second kappa shape index (κ2) is 6.71. The predicted molar refractivity (Wildman–Crippen MR) is 112 cm³/mol. The number of carbonyl (C=O) groups is 1. The first-order valence-corrected chi connectivity index (χ1v) is 9.83. The first kappa shape index (κ1) is 19.5. The van der Waals surface area contributed by atoms with Crippen molar-refractivity contribution in [3.05, 3.63) is 53.1 Å². The number of nitrogens with zero attached hydrogens (tertiary/aromatic N) is 1. The number of hydrogen-bond donors (Lipinski definition) is 2. The van der Waals surface area contributed by atoms with Crippen molar-refractivity contribution in [3.63, 3.8) is 0 Å². The maximum absolute atomic E-state index is 13.0. The fourth-order valence-electron chi connectivity index (χ4n) is 3.02. The summed E-state index contributed by atoms with van der Waals surface area (Å²) in [6.07, 6.45) is 0. The van der Waals surface area contributed by atoms with Crippen LogP contribution in [0.3, 0.4) is 0 Å². The third kappa shape index (κ3) is 4.03. The van der Waals surface area contributed by atoms with Gasteiger partial charge in [0, 0.05) is 16.7 Å². The van der Waals surface area contributed by atoms with Gasteiger partial charge in [-0.25, -0.2) is 4.98 Å².